The van der Waals surface area contributed by atoms with Gasteiger partial charge in [-0.05, 0) is 49.9 Å². The number of ketones is 1. The summed E-state index contributed by atoms with van der Waals surface area (Å²) in [7, 11) is 0. The fraction of sp³-hybridized carbons (Fsp3) is 0.429. The zero-order valence-electron chi connectivity index (χ0n) is 11.0. The summed E-state index contributed by atoms with van der Waals surface area (Å²) in [5.74, 6) is -1.13. The van der Waals surface area contributed by atoms with E-state index in [1.165, 1.54) is 0 Å². The van der Waals surface area contributed by atoms with Gasteiger partial charge in [0.25, 0.3) is 0 Å². The van der Waals surface area contributed by atoms with E-state index in [1.54, 1.807) is 13.8 Å². The summed E-state index contributed by atoms with van der Waals surface area (Å²) in [6.45, 7) is 9.15. The molecule has 0 radical (unpaired) electrons. The number of aromatic carboxylic acids is 1. The number of carbonyl (C=O) groups is 2. The van der Waals surface area contributed by atoms with Crippen LogP contribution in [0.2, 0.25) is 0 Å². The second-order valence-corrected chi connectivity index (χ2v) is 4.33. The first-order chi connectivity index (χ1) is 7.82. The number of Topliss-reactive ketones (excluding diaryl/α,β-unsaturated/α-hetero) is 1. The van der Waals surface area contributed by atoms with Crippen molar-refractivity contribution in [1.82, 2.24) is 0 Å². The molecule has 0 amide bonds. The number of hydrogen-bond acceptors (Lipinski definition) is 2. The van der Waals surface area contributed by atoms with Gasteiger partial charge in [0, 0.05) is 12.0 Å². The molecule has 0 bridgehead atoms. The van der Waals surface area contributed by atoms with E-state index >= 15 is 0 Å². The zero-order chi connectivity index (χ0) is 13.3. The number of hydrogen-bond donors (Lipinski definition) is 1. The van der Waals surface area contributed by atoms with E-state index in [4.69, 9.17) is 0 Å². The van der Waals surface area contributed by atoms with E-state index in [2.05, 4.69) is 0 Å². The minimum absolute atomic E-state index is 0.105. The van der Waals surface area contributed by atoms with Gasteiger partial charge >= 0.3 is 5.97 Å². The molecule has 92 valence electrons. The third kappa shape index (κ3) is 2.09. The van der Waals surface area contributed by atoms with E-state index in [1.807, 2.05) is 20.8 Å². The van der Waals surface area contributed by atoms with Crippen molar-refractivity contribution in [3.8, 4) is 0 Å². The molecule has 0 aromatic heterocycles. The van der Waals surface area contributed by atoms with Crippen molar-refractivity contribution in [1.29, 1.82) is 0 Å². The summed E-state index contributed by atoms with van der Waals surface area (Å²) in [5.41, 5.74) is 3.98. The Morgan fingerprint density at radius 3 is 1.65 bits per heavy atom. The highest BCUT2D eigenvalue weighted by atomic mass is 16.4. The fourth-order valence-electron chi connectivity index (χ4n) is 2.11. The van der Waals surface area contributed by atoms with E-state index in [9.17, 15) is 14.7 Å². The van der Waals surface area contributed by atoms with Crippen LogP contribution in [0, 0.1) is 27.7 Å². The molecular weight excluding hydrogens is 216 g/mol. The zero-order valence-corrected chi connectivity index (χ0v) is 11.0. The van der Waals surface area contributed by atoms with E-state index in [0.29, 0.717) is 17.5 Å². The number of carboxylic acids is 1. The Labute approximate surface area is 101 Å². The lowest BCUT2D eigenvalue weighted by molar-refractivity contribution is 0.0690. The highest BCUT2D eigenvalue weighted by Gasteiger charge is 2.23. The molecule has 0 spiro atoms. The van der Waals surface area contributed by atoms with Crippen LogP contribution in [0.4, 0.5) is 0 Å². The summed E-state index contributed by atoms with van der Waals surface area (Å²) in [5, 5.41) is 9.28. The predicted molar refractivity (Wildman–Crippen MR) is 67.0 cm³/mol. The number of carboxylic acid groups (broad SMARTS) is 1. The molecule has 1 N–H and O–H groups in total. The van der Waals surface area contributed by atoms with Crippen LogP contribution in [0.25, 0.3) is 0 Å². The summed E-state index contributed by atoms with van der Waals surface area (Å²) < 4.78 is 0. The van der Waals surface area contributed by atoms with Gasteiger partial charge in [-0.15, -0.1) is 0 Å². The molecule has 1 rings (SSSR count). The Morgan fingerprint density at radius 1 is 0.882 bits per heavy atom. The van der Waals surface area contributed by atoms with Gasteiger partial charge in [-0.2, -0.15) is 0 Å². The monoisotopic (exact) mass is 234 g/mol. The number of carbonyl (C=O) groups excluding carboxylic acids is 1. The smallest absolute Gasteiger partial charge is 0.336 e. The van der Waals surface area contributed by atoms with Crippen molar-refractivity contribution < 1.29 is 14.7 Å². The lowest BCUT2D eigenvalue weighted by Gasteiger charge is -2.17. The molecule has 0 aliphatic carbocycles. The van der Waals surface area contributed by atoms with Crippen LogP contribution >= 0.6 is 0 Å². The lowest BCUT2D eigenvalue weighted by atomic mass is 9.86. The van der Waals surface area contributed by atoms with Crippen LogP contribution in [0.3, 0.4) is 0 Å². The Kier molecular flexibility index (Phi) is 3.71. The first-order valence-electron chi connectivity index (χ1n) is 5.69. The van der Waals surface area contributed by atoms with Crippen molar-refractivity contribution >= 4 is 11.8 Å². The van der Waals surface area contributed by atoms with Gasteiger partial charge in [0.05, 0.1) is 5.56 Å². The van der Waals surface area contributed by atoms with Gasteiger partial charge in [-0.25, -0.2) is 4.79 Å². The topological polar surface area (TPSA) is 54.4 Å². The fourth-order valence-corrected chi connectivity index (χ4v) is 2.11. The van der Waals surface area contributed by atoms with Gasteiger partial charge in [0.2, 0.25) is 0 Å². The van der Waals surface area contributed by atoms with Crippen molar-refractivity contribution in [2.45, 2.75) is 41.0 Å². The average molecular weight is 234 g/mol. The highest BCUT2D eigenvalue weighted by Crippen LogP contribution is 2.27. The van der Waals surface area contributed by atoms with Gasteiger partial charge in [-0.1, -0.05) is 6.92 Å². The Morgan fingerprint density at radius 2 is 1.29 bits per heavy atom. The molecule has 1 aromatic rings. The first kappa shape index (κ1) is 13.4. The molecular formula is C14H18O3. The Bertz CT molecular complexity index is 499. The van der Waals surface area contributed by atoms with Gasteiger partial charge in [-0.3, -0.25) is 4.79 Å². The molecule has 0 aliphatic heterocycles. The van der Waals surface area contributed by atoms with Crippen molar-refractivity contribution in [2.75, 3.05) is 0 Å². The van der Waals surface area contributed by atoms with Gasteiger partial charge < -0.3 is 5.11 Å². The summed E-state index contributed by atoms with van der Waals surface area (Å²) in [4.78, 5) is 23.2. The second kappa shape index (κ2) is 4.70. The molecule has 0 fully saturated rings. The predicted octanol–water partition coefficient (Wildman–Crippen LogP) is 3.21. The van der Waals surface area contributed by atoms with Crippen LogP contribution in [-0.4, -0.2) is 16.9 Å². The molecule has 0 unspecified atom stereocenters. The summed E-state index contributed by atoms with van der Waals surface area (Å²) >= 11 is 0. The summed E-state index contributed by atoms with van der Waals surface area (Å²) in [6, 6.07) is 0. The largest absolute Gasteiger partial charge is 0.478 e. The standard InChI is InChI=1S/C14H18O3/c1-6-11(15)12-9(4)7(2)8(3)10(5)13(12)14(16)17/h6H2,1-5H3,(H,16,17). The summed E-state index contributed by atoms with van der Waals surface area (Å²) in [6.07, 6.45) is 0.322. The van der Waals surface area contributed by atoms with Crippen LogP contribution < -0.4 is 0 Å². The van der Waals surface area contributed by atoms with E-state index in [0.717, 1.165) is 16.7 Å². The third-order valence-corrected chi connectivity index (χ3v) is 3.50. The molecule has 0 atom stereocenters. The molecule has 3 nitrogen and oxygen atoms in total. The lowest BCUT2D eigenvalue weighted by Crippen LogP contribution is -2.15. The van der Waals surface area contributed by atoms with E-state index in [-0.39, 0.29) is 11.3 Å². The second-order valence-electron chi connectivity index (χ2n) is 4.33. The average Bonchev–Trinajstić information content (AvgIpc) is 2.29. The van der Waals surface area contributed by atoms with Crippen LogP contribution in [0.1, 0.15) is 56.3 Å². The van der Waals surface area contributed by atoms with Crippen LogP contribution in [0.5, 0.6) is 0 Å². The molecule has 3 heteroatoms. The molecule has 17 heavy (non-hydrogen) atoms. The quantitative estimate of drug-likeness (QED) is 0.817. The maximum Gasteiger partial charge on any atom is 0.336 e. The maximum absolute atomic E-state index is 11.9. The molecule has 0 heterocycles. The SMILES string of the molecule is CCC(=O)c1c(C)c(C)c(C)c(C)c1C(=O)O. The molecule has 0 aliphatic rings. The maximum atomic E-state index is 11.9. The van der Waals surface area contributed by atoms with Crippen LogP contribution in [-0.2, 0) is 0 Å². The highest BCUT2D eigenvalue weighted by molar-refractivity contribution is 6.08. The molecule has 0 saturated heterocycles. The first-order valence-corrected chi connectivity index (χ1v) is 5.69. The van der Waals surface area contributed by atoms with E-state index < -0.39 is 5.97 Å². The van der Waals surface area contributed by atoms with Crippen molar-refractivity contribution in [3.05, 3.63) is 33.4 Å². The van der Waals surface area contributed by atoms with Gasteiger partial charge in [0.15, 0.2) is 5.78 Å². The Balaban J connectivity index is 3.78. The van der Waals surface area contributed by atoms with Crippen molar-refractivity contribution in [2.24, 2.45) is 0 Å². The van der Waals surface area contributed by atoms with Gasteiger partial charge in [0.1, 0.15) is 0 Å². The molecule has 1 aromatic carbocycles. The third-order valence-electron chi connectivity index (χ3n) is 3.50. The Hall–Kier alpha value is -1.64. The normalized spacial score (nSPS) is 10.4. The number of rotatable bonds is 3. The molecule has 0 saturated carbocycles. The minimum Gasteiger partial charge on any atom is -0.478 e. The minimum atomic E-state index is -1.02. The number of benzene rings is 1. The van der Waals surface area contributed by atoms with Crippen LogP contribution in [0.15, 0.2) is 0 Å². The van der Waals surface area contributed by atoms with Crippen molar-refractivity contribution in [3.63, 3.8) is 0 Å².